The van der Waals surface area contributed by atoms with Crippen LogP contribution in [0.5, 0.6) is 11.5 Å². The third-order valence-electron chi connectivity index (χ3n) is 5.09. The first-order chi connectivity index (χ1) is 17.7. The topological polar surface area (TPSA) is 116 Å². The van der Waals surface area contributed by atoms with Gasteiger partial charge in [-0.25, -0.2) is 9.59 Å². The summed E-state index contributed by atoms with van der Waals surface area (Å²) in [5.74, 6) is -5.68. The summed E-state index contributed by atoms with van der Waals surface area (Å²) in [6.45, 7) is 0. The van der Waals surface area contributed by atoms with Gasteiger partial charge in [0.1, 0.15) is 6.04 Å². The second-order valence-corrected chi connectivity index (χ2v) is 7.80. The second kappa shape index (κ2) is 10.9. The van der Waals surface area contributed by atoms with Gasteiger partial charge in [-0.3, -0.25) is 4.79 Å². The van der Waals surface area contributed by atoms with Crippen LogP contribution in [0.15, 0.2) is 66.7 Å². The predicted octanol–water partition coefficient (Wildman–Crippen LogP) is 5.12. The van der Waals surface area contributed by atoms with Gasteiger partial charge in [-0.1, -0.05) is 30.3 Å². The minimum absolute atomic E-state index is 0.113. The molecular formula is C25H17F6NO6. The molecular weight excluding hydrogens is 524 g/mol. The number of ether oxygens (including phenoxy) is 2. The lowest BCUT2D eigenvalue weighted by Crippen LogP contribution is -2.32. The lowest BCUT2D eigenvalue weighted by atomic mass is 10.1. The van der Waals surface area contributed by atoms with Gasteiger partial charge in [0, 0.05) is 0 Å². The van der Waals surface area contributed by atoms with Crippen molar-refractivity contribution in [3.05, 3.63) is 94.5 Å². The summed E-state index contributed by atoms with van der Waals surface area (Å²) < 4.78 is 90.2. The summed E-state index contributed by atoms with van der Waals surface area (Å²) in [7, 11) is 0. The van der Waals surface area contributed by atoms with E-state index in [-0.39, 0.29) is 12.0 Å². The lowest BCUT2D eigenvalue weighted by Gasteiger charge is -2.16. The summed E-state index contributed by atoms with van der Waals surface area (Å²) in [5.41, 5.74) is 1.19. The number of halogens is 6. The molecule has 0 fully saturated rings. The molecule has 0 radical (unpaired) electrons. The summed E-state index contributed by atoms with van der Waals surface area (Å²) in [5, 5.41) is 9.03. The number of esters is 2. The standard InChI is InChI=1S/C25H17F6NO6/c26-24(27,28)16-7-3-1-5-14(16)22(35)37-19-10-9-13(11-18(32)21(33)34)12-20(19)38-23(36)15-6-2-4-8-17(15)25(29,30)31/h1-10,12,18H,11,32H2,(H,33,34)/t18-/m0/s1. The number of benzene rings is 3. The van der Waals surface area contributed by atoms with Gasteiger partial charge in [0.2, 0.25) is 0 Å². The molecule has 0 aliphatic carbocycles. The largest absolute Gasteiger partial charge is 0.480 e. The number of rotatable bonds is 7. The molecule has 0 aliphatic rings. The Hall–Kier alpha value is -4.39. The SMILES string of the molecule is N[C@@H](Cc1ccc(OC(=O)c2ccccc2C(F)(F)F)c(OC(=O)c2ccccc2C(F)(F)F)c1)C(=O)O. The molecule has 1 atom stereocenters. The minimum atomic E-state index is -4.93. The number of carbonyl (C=O) groups excluding carboxylic acids is 2. The molecule has 3 aromatic rings. The summed E-state index contributed by atoms with van der Waals surface area (Å²) in [6, 6.07) is 9.07. The summed E-state index contributed by atoms with van der Waals surface area (Å²) >= 11 is 0. The lowest BCUT2D eigenvalue weighted by molar-refractivity contribution is -0.139. The molecule has 0 amide bonds. The second-order valence-electron chi connectivity index (χ2n) is 7.80. The van der Waals surface area contributed by atoms with Crippen LogP contribution in [0, 0.1) is 0 Å². The molecule has 0 aliphatic heterocycles. The van der Waals surface area contributed by atoms with Gasteiger partial charge in [0.15, 0.2) is 11.5 Å². The van der Waals surface area contributed by atoms with E-state index in [1.807, 2.05) is 0 Å². The van der Waals surface area contributed by atoms with Crippen LogP contribution in [0.25, 0.3) is 0 Å². The Morgan fingerprint density at radius 2 is 1.18 bits per heavy atom. The van der Waals surface area contributed by atoms with Gasteiger partial charge >= 0.3 is 30.3 Å². The molecule has 0 bridgehead atoms. The highest BCUT2D eigenvalue weighted by molar-refractivity contribution is 5.95. The van der Waals surface area contributed by atoms with E-state index < -0.39 is 70.1 Å². The fourth-order valence-electron chi connectivity index (χ4n) is 3.31. The molecule has 7 nitrogen and oxygen atoms in total. The van der Waals surface area contributed by atoms with Crippen LogP contribution >= 0.6 is 0 Å². The number of alkyl halides is 6. The number of aliphatic carboxylic acids is 1. The molecule has 200 valence electrons. The maximum atomic E-state index is 13.4. The van der Waals surface area contributed by atoms with Crippen molar-refractivity contribution in [3.63, 3.8) is 0 Å². The van der Waals surface area contributed by atoms with Crippen molar-refractivity contribution in [1.29, 1.82) is 0 Å². The molecule has 0 spiro atoms. The smallest absolute Gasteiger partial charge is 0.417 e. The van der Waals surface area contributed by atoms with Crippen molar-refractivity contribution < 1.29 is 55.3 Å². The van der Waals surface area contributed by atoms with E-state index in [2.05, 4.69) is 0 Å². The van der Waals surface area contributed by atoms with Gasteiger partial charge in [-0.05, 0) is 48.4 Å². The first kappa shape index (κ1) is 28.2. The first-order valence-electron chi connectivity index (χ1n) is 10.6. The monoisotopic (exact) mass is 541 g/mol. The number of carbonyl (C=O) groups is 3. The van der Waals surface area contributed by atoms with Gasteiger partial charge in [-0.15, -0.1) is 0 Å². The predicted molar refractivity (Wildman–Crippen MR) is 119 cm³/mol. The molecule has 38 heavy (non-hydrogen) atoms. The van der Waals surface area contributed by atoms with Gasteiger partial charge in [0.25, 0.3) is 0 Å². The summed E-state index contributed by atoms with van der Waals surface area (Å²) in [4.78, 5) is 36.4. The summed E-state index contributed by atoms with van der Waals surface area (Å²) in [6.07, 6.45) is -10.2. The molecule has 3 N–H and O–H groups in total. The molecule has 0 saturated carbocycles. The van der Waals surface area contributed by atoms with Crippen LogP contribution in [-0.4, -0.2) is 29.1 Å². The highest BCUT2D eigenvalue weighted by Crippen LogP contribution is 2.36. The van der Waals surface area contributed by atoms with Gasteiger partial charge < -0.3 is 20.3 Å². The molecule has 0 saturated heterocycles. The van der Waals surface area contributed by atoms with E-state index >= 15 is 0 Å². The molecule has 13 heteroatoms. The first-order valence-corrected chi connectivity index (χ1v) is 10.6. The Bertz CT molecular complexity index is 1370. The van der Waals surface area contributed by atoms with Crippen LogP contribution in [0.1, 0.15) is 37.4 Å². The van der Waals surface area contributed by atoms with Gasteiger partial charge in [0.05, 0.1) is 22.3 Å². The Morgan fingerprint density at radius 1 is 0.737 bits per heavy atom. The fourth-order valence-corrected chi connectivity index (χ4v) is 3.31. The quantitative estimate of drug-likeness (QED) is 0.242. The average molecular weight is 541 g/mol. The minimum Gasteiger partial charge on any atom is -0.480 e. The van der Waals surface area contributed by atoms with E-state index in [0.29, 0.717) is 12.1 Å². The van der Waals surface area contributed by atoms with Gasteiger partial charge in [-0.2, -0.15) is 26.3 Å². The van der Waals surface area contributed by atoms with Crippen molar-refractivity contribution in [1.82, 2.24) is 0 Å². The van der Waals surface area contributed by atoms with E-state index in [1.54, 1.807) is 0 Å². The maximum Gasteiger partial charge on any atom is 0.417 e. The highest BCUT2D eigenvalue weighted by Gasteiger charge is 2.37. The van der Waals surface area contributed by atoms with Crippen LogP contribution in [0.2, 0.25) is 0 Å². The van der Waals surface area contributed by atoms with Crippen molar-refractivity contribution in [2.45, 2.75) is 24.8 Å². The Balaban J connectivity index is 2.02. The fraction of sp³-hybridized carbons (Fsp3) is 0.160. The third kappa shape index (κ3) is 6.68. The Kier molecular flexibility index (Phi) is 8.10. The zero-order valence-electron chi connectivity index (χ0n) is 19.0. The van der Waals surface area contributed by atoms with E-state index in [0.717, 1.165) is 48.5 Å². The van der Waals surface area contributed by atoms with Crippen LogP contribution in [0.3, 0.4) is 0 Å². The van der Waals surface area contributed by atoms with Crippen LogP contribution in [-0.2, 0) is 23.6 Å². The molecule has 3 aromatic carbocycles. The molecule has 0 heterocycles. The molecule has 3 rings (SSSR count). The molecule has 0 unspecified atom stereocenters. The van der Waals surface area contributed by atoms with Crippen molar-refractivity contribution in [2.24, 2.45) is 5.73 Å². The van der Waals surface area contributed by atoms with E-state index in [1.165, 1.54) is 6.07 Å². The number of carboxylic acid groups (broad SMARTS) is 1. The highest BCUT2D eigenvalue weighted by atomic mass is 19.4. The number of hydrogen-bond acceptors (Lipinski definition) is 6. The number of carboxylic acids is 1. The molecule has 0 aromatic heterocycles. The van der Waals surface area contributed by atoms with Crippen molar-refractivity contribution in [2.75, 3.05) is 0 Å². The third-order valence-corrected chi connectivity index (χ3v) is 5.09. The van der Waals surface area contributed by atoms with Crippen LogP contribution < -0.4 is 15.2 Å². The Labute approximate surface area is 210 Å². The van der Waals surface area contributed by atoms with Crippen LogP contribution in [0.4, 0.5) is 26.3 Å². The zero-order valence-corrected chi connectivity index (χ0v) is 19.0. The zero-order chi connectivity index (χ0) is 28.3. The number of nitrogens with two attached hydrogens (primary N) is 1. The van der Waals surface area contributed by atoms with E-state index in [4.69, 9.17) is 20.3 Å². The maximum absolute atomic E-state index is 13.4. The van der Waals surface area contributed by atoms with Crippen molar-refractivity contribution in [3.8, 4) is 11.5 Å². The Morgan fingerprint density at radius 3 is 1.63 bits per heavy atom. The van der Waals surface area contributed by atoms with Crippen molar-refractivity contribution >= 4 is 17.9 Å². The average Bonchev–Trinajstić information content (AvgIpc) is 2.84. The van der Waals surface area contributed by atoms with E-state index in [9.17, 15) is 40.7 Å². The normalized spacial score (nSPS) is 12.5. The number of hydrogen-bond donors (Lipinski definition) is 2.